The lowest BCUT2D eigenvalue weighted by molar-refractivity contribution is 0.0254. The third kappa shape index (κ3) is 5.77. The van der Waals surface area contributed by atoms with Gasteiger partial charge < -0.3 is 14.8 Å². The van der Waals surface area contributed by atoms with E-state index in [4.69, 9.17) is 9.47 Å². The van der Waals surface area contributed by atoms with Gasteiger partial charge in [0.2, 0.25) is 5.95 Å². The molecule has 3 aromatic rings. The van der Waals surface area contributed by atoms with Gasteiger partial charge in [-0.1, -0.05) is 24.1 Å². The third-order valence-corrected chi connectivity index (χ3v) is 5.58. The highest BCUT2D eigenvalue weighted by Gasteiger charge is 2.17. The Balaban J connectivity index is 1.48. The molecule has 1 aromatic heterocycles. The Kier molecular flexibility index (Phi) is 7.56. The van der Waals surface area contributed by atoms with Crippen molar-refractivity contribution in [2.75, 3.05) is 24.8 Å². The van der Waals surface area contributed by atoms with Crippen LogP contribution in [-0.4, -0.2) is 35.5 Å². The molecule has 1 fully saturated rings. The van der Waals surface area contributed by atoms with Crippen LogP contribution < -0.4 is 14.8 Å². The molecular formula is C24H25N5O2S. The van der Waals surface area contributed by atoms with E-state index >= 15 is 0 Å². The molecule has 0 amide bonds. The van der Waals surface area contributed by atoms with Crippen molar-refractivity contribution in [1.82, 2.24) is 14.7 Å². The van der Waals surface area contributed by atoms with Gasteiger partial charge in [0, 0.05) is 36.8 Å². The molecule has 1 aliphatic rings. The first kappa shape index (κ1) is 22.1. The molecule has 0 aliphatic carbocycles. The Labute approximate surface area is 192 Å². The number of nitrogens with zero attached hydrogens (tertiary/aromatic N) is 3. The maximum Gasteiger partial charge on any atom is 0.227 e. The summed E-state index contributed by atoms with van der Waals surface area (Å²) in [7, 11) is 0. The van der Waals surface area contributed by atoms with Crippen molar-refractivity contribution in [3.63, 3.8) is 0 Å². The van der Waals surface area contributed by atoms with E-state index < -0.39 is 0 Å². The van der Waals surface area contributed by atoms with Crippen LogP contribution in [0.2, 0.25) is 0 Å². The van der Waals surface area contributed by atoms with Gasteiger partial charge in [-0.25, -0.2) is 9.97 Å². The average molecular weight is 448 g/mol. The van der Waals surface area contributed by atoms with Crippen molar-refractivity contribution in [3.05, 3.63) is 65.9 Å². The monoisotopic (exact) mass is 447 g/mol. The zero-order valence-electron chi connectivity index (χ0n) is 17.9. The Morgan fingerprint density at radius 1 is 1.16 bits per heavy atom. The van der Waals surface area contributed by atoms with E-state index in [1.54, 1.807) is 18.1 Å². The molecule has 2 aromatic carbocycles. The molecule has 4 rings (SSSR count). The summed E-state index contributed by atoms with van der Waals surface area (Å²) in [6.45, 7) is 2.19. The molecule has 164 valence electrons. The minimum atomic E-state index is 0.0828. The third-order valence-electron chi connectivity index (χ3n) is 5.14. The molecular weight excluding hydrogens is 422 g/mol. The number of rotatable bonds is 8. The van der Waals surface area contributed by atoms with Crippen LogP contribution >= 0.6 is 11.9 Å². The molecule has 2 heterocycles. The van der Waals surface area contributed by atoms with Gasteiger partial charge in [-0.05, 0) is 48.2 Å². The first-order chi connectivity index (χ1) is 15.7. The second-order valence-corrected chi connectivity index (χ2v) is 8.06. The lowest BCUT2D eigenvalue weighted by Gasteiger charge is -2.23. The van der Waals surface area contributed by atoms with Crippen LogP contribution in [0.15, 0.2) is 54.7 Å². The number of hydrogen-bond acceptors (Lipinski definition) is 8. The van der Waals surface area contributed by atoms with Crippen LogP contribution in [0.3, 0.4) is 0 Å². The fourth-order valence-corrected chi connectivity index (χ4v) is 3.73. The number of anilines is 2. The number of ether oxygens (including phenoxy) is 2. The summed E-state index contributed by atoms with van der Waals surface area (Å²) < 4.78 is 14.7. The molecule has 32 heavy (non-hydrogen) atoms. The number of hydrogen-bond donors (Lipinski definition) is 2. The topological polar surface area (TPSA) is 92.1 Å². The summed E-state index contributed by atoms with van der Waals surface area (Å²) in [5.74, 6) is 1.10. The lowest BCUT2D eigenvalue weighted by atomic mass is 10.1. The second-order valence-electron chi connectivity index (χ2n) is 7.36. The van der Waals surface area contributed by atoms with Crippen molar-refractivity contribution in [1.29, 1.82) is 5.26 Å². The normalized spacial score (nSPS) is 14.0. The summed E-state index contributed by atoms with van der Waals surface area (Å²) >= 11 is 1.60. The van der Waals surface area contributed by atoms with E-state index in [1.807, 2.05) is 42.7 Å². The molecule has 1 saturated heterocycles. The minimum absolute atomic E-state index is 0.0828. The van der Waals surface area contributed by atoms with Crippen LogP contribution in [-0.2, 0) is 11.3 Å². The highest BCUT2D eigenvalue weighted by atomic mass is 32.2. The molecule has 7 nitrogen and oxygen atoms in total. The maximum absolute atomic E-state index is 9.64. The standard InChI is InChI=1S/C24H25N5O2S/c1-32-27-16-17-2-5-20(6-3-17)28-24-26-11-8-22(29-24)18-4-7-23(19(14-18)15-25)31-21-9-12-30-13-10-21/h2-8,11,14,21,27H,9-10,12-13,16H2,1H3,(H,26,28,29). The van der Waals surface area contributed by atoms with Crippen LogP contribution in [0.25, 0.3) is 11.3 Å². The van der Waals surface area contributed by atoms with Crippen molar-refractivity contribution in [3.8, 4) is 23.1 Å². The predicted octanol–water partition coefficient (Wildman–Crippen LogP) is 4.68. The highest BCUT2D eigenvalue weighted by Crippen LogP contribution is 2.28. The highest BCUT2D eigenvalue weighted by molar-refractivity contribution is 7.96. The Hall–Kier alpha value is -3.12. The van der Waals surface area contributed by atoms with E-state index in [0.29, 0.717) is 30.5 Å². The number of aromatic nitrogens is 2. The van der Waals surface area contributed by atoms with Crippen molar-refractivity contribution in [2.45, 2.75) is 25.5 Å². The van der Waals surface area contributed by atoms with Crippen molar-refractivity contribution < 1.29 is 9.47 Å². The average Bonchev–Trinajstić information content (AvgIpc) is 2.85. The molecule has 0 spiro atoms. The molecule has 1 aliphatic heterocycles. The van der Waals surface area contributed by atoms with E-state index in [9.17, 15) is 5.26 Å². The number of nitriles is 1. The molecule has 0 saturated carbocycles. The van der Waals surface area contributed by atoms with Crippen molar-refractivity contribution >= 4 is 23.6 Å². The summed E-state index contributed by atoms with van der Waals surface area (Å²) in [6.07, 6.45) is 5.47. The van der Waals surface area contributed by atoms with Gasteiger partial charge in [-0.2, -0.15) is 5.26 Å². The summed E-state index contributed by atoms with van der Waals surface area (Å²) in [4.78, 5) is 8.96. The van der Waals surface area contributed by atoms with Crippen LogP contribution in [0.1, 0.15) is 24.0 Å². The fraction of sp³-hybridized carbons (Fsp3) is 0.292. The fourth-order valence-electron chi connectivity index (χ4n) is 3.42. The lowest BCUT2D eigenvalue weighted by Crippen LogP contribution is -2.26. The van der Waals surface area contributed by atoms with E-state index in [2.05, 4.69) is 38.2 Å². The molecule has 2 N–H and O–H groups in total. The van der Waals surface area contributed by atoms with Gasteiger partial charge >= 0.3 is 0 Å². The number of nitrogens with one attached hydrogen (secondary N) is 2. The zero-order valence-corrected chi connectivity index (χ0v) is 18.7. The van der Waals surface area contributed by atoms with Crippen LogP contribution in [0.4, 0.5) is 11.6 Å². The van der Waals surface area contributed by atoms with Gasteiger partial charge in [-0.3, -0.25) is 4.72 Å². The maximum atomic E-state index is 9.64. The summed E-state index contributed by atoms with van der Waals surface area (Å²) in [6, 6.07) is 17.8. The minimum Gasteiger partial charge on any atom is -0.489 e. The van der Waals surface area contributed by atoms with E-state index in [-0.39, 0.29) is 6.10 Å². The Bertz CT molecular complexity index is 1080. The second kappa shape index (κ2) is 11.0. The van der Waals surface area contributed by atoms with E-state index in [1.165, 1.54) is 5.56 Å². The Morgan fingerprint density at radius 3 is 2.72 bits per heavy atom. The smallest absolute Gasteiger partial charge is 0.227 e. The first-order valence-corrected chi connectivity index (χ1v) is 11.7. The molecule has 0 unspecified atom stereocenters. The van der Waals surface area contributed by atoms with Gasteiger partial charge in [-0.15, -0.1) is 0 Å². The molecule has 0 bridgehead atoms. The Morgan fingerprint density at radius 2 is 1.97 bits per heavy atom. The van der Waals surface area contributed by atoms with Gasteiger partial charge in [0.15, 0.2) is 0 Å². The summed E-state index contributed by atoms with van der Waals surface area (Å²) in [5, 5.41) is 12.9. The quantitative estimate of drug-likeness (QED) is 0.481. The first-order valence-electron chi connectivity index (χ1n) is 10.5. The summed E-state index contributed by atoms with van der Waals surface area (Å²) in [5.41, 5.74) is 4.18. The van der Waals surface area contributed by atoms with Crippen molar-refractivity contribution in [2.24, 2.45) is 0 Å². The van der Waals surface area contributed by atoms with Gasteiger partial charge in [0.25, 0.3) is 0 Å². The SMILES string of the molecule is CSNCc1ccc(Nc2nccc(-c3ccc(OC4CCOCC4)c(C#N)c3)n2)cc1. The van der Waals surface area contributed by atoms with Gasteiger partial charge in [0.05, 0.1) is 24.5 Å². The molecule has 0 atom stereocenters. The largest absolute Gasteiger partial charge is 0.489 e. The van der Waals surface area contributed by atoms with E-state index in [0.717, 1.165) is 36.3 Å². The number of benzene rings is 2. The molecule has 8 heteroatoms. The van der Waals surface area contributed by atoms with Crippen LogP contribution in [0.5, 0.6) is 5.75 Å². The predicted molar refractivity (Wildman–Crippen MR) is 127 cm³/mol. The van der Waals surface area contributed by atoms with Crippen LogP contribution in [0, 0.1) is 11.3 Å². The zero-order chi connectivity index (χ0) is 22.2. The molecule has 0 radical (unpaired) electrons. The van der Waals surface area contributed by atoms with Gasteiger partial charge in [0.1, 0.15) is 17.9 Å².